The van der Waals surface area contributed by atoms with Crippen LogP contribution in [0, 0.1) is 5.82 Å². The fraction of sp³-hybridized carbons (Fsp3) is 0.462. The van der Waals surface area contributed by atoms with Crippen LogP contribution < -0.4 is 9.80 Å². The molecule has 2 aromatic heterocycles. The standard InChI is InChI=1S/C26H33FN6O3S2/c1-3-22-25(30(2)26-29-23(18-37-26)19-5-7-20(27)8-6-19)33-17-21(9-10-24(33)28-22)31-11-13-32(14-12-31)38(35,36)16-4-15-34/h5-10,17,23,34H,3-4,11-16,18H2,1-2H3. The number of aliphatic imine (C=N–C) groups is 1. The molecule has 1 aromatic carbocycles. The largest absolute Gasteiger partial charge is 0.396 e. The van der Waals surface area contributed by atoms with E-state index in [0.29, 0.717) is 26.2 Å². The Morgan fingerprint density at radius 2 is 1.87 bits per heavy atom. The first-order valence-corrected chi connectivity index (χ1v) is 15.4. The van der Waals surface area contributed by atoms with Gasteiger partial charge in [0.05, 0.1) is 23.2 Å². The first kappa shape index (κ1) is 26.9. The topological polar surface area (TPSA) is 93.8 Å². The van der Waals surface area contributed by atoms with Gasteiger partial charge in [0, 0.05) is 51.8 Å². The van der Waals surface area contributed by atoms with Crippen molar-refractivity contribution in [3.63, 3.8) is 0 Å². The van der Waals surface area contributed by atoms with Crippen molar-refractivity contribution in [2.75, 3.05) is 61.1 Å². The van der Waals surface area contributed by atoms with Crippen LogP contribution in [0.15, 0.2) is 47.6 Å². The van der Waals surface area contributed by atoms with Crippen molar-refractivity contribution in [3.8, 4) is 0 Å². The van der Waals surface area contributed by atoms with Gasteiger partial charge in [-0.25, -0.2) is 17.8 Å². The number of benzene rings is 1. The second-order valence-corrected chi connectivity index (χ2v) is 12.6. The van der Waals surface area contributed by atoms with Gasteiger partial charge in [-0.15, -0.1) is 0 Å². The summed E-state index contributed by atoms with van der Waals surface area (Å²) in [5.74, 6) is 1.48. The molecule has 204 valence electrons. The summed E-state index contributed by atoms with van der Waals surface area (Å²) in [5, 5.41) is 9.90. The molecule has 38 heavy (non-hydrogen) atoms. The van der Waals surface area contributed by atoms with E-state index < -0.39 is 10.0 Å². The third-order valence-electron chi connectivity index (χ3n) is 7.04. The van der Waals surface area contributed by atoms with Crippen LogP contribution in [0.2, 0.25) is 0 Å². The Kier molecular flexibility index (Phi) is 7.94. The lowest BCUT2D eigenvalue weighted by molar-refractivity contribution is 0.293. The van der Waals surface area contributed by atoms with Crippen LogP contribution in [0.1, 0.15) is 30.6 Å². The molecule has 3 aromatic rings. The van der Waals surface area contributed by atoms with Crippen molar-refractivity contribution >= 4 is 44.1 Å². The number of sulfonamides is 1. The number of hydrogen-bond acceptors (Lipinski definition) is 8. The summed E-state index contributed by atoms with van der Waals surface area (Å²) in [4.78, 5) is 14.1. The molecule has 1 atom stereocenters. The van der Waals surface area contributed by atoms with Crippen LogP contribution in [-0.2, 0) is 16.4 Å². The molecule has 1 N–H and O–H groups in total. The first-order valence-electron chi connectivity index (χ1n) is 12.8. The number of anilines is 2. The second-order valence-electron chi connectivity index (χ2n) is 9.48. The summed E-state index contributed by atoms with van der Waals surface area (Å²) in [5.41, 5.74) is 3.81. The Morgan fingerprint density at radius 3 is 2.55 bits per heavy atom. The summed E-state index contributed by atoms with van der Waals surface area (Å²) < 4.78 is 42.0. The quantitative estimate of drug-likeness (QED) is 0.452. The number of aryl methyl sites for hydroxylation is 1. The summed E-state index contributed by atoms with van der Waals surface area (Å²) >= 11 is 1.68. The third kappa shape index (κ3) is 5.40. The molecule has 0 bridgehead atoms. The van der Waals surface area contributed by atoms with E-state index in [0.717, 1.165) is 45.8 Å². The van der Waals surface area contributed by atoms with Crippen LogP contribution in [0.25, 0.3) is 5.65 Å². The van der Waals surface area contributed by atoms with Gasteiger partial charge in [0.25, 0.3) is 0 Å². The molecule has 0 saturated carbocycles. The Labute approximate surface area is 227 Å². The lowest BCUT2D eigenvalue weighted by Crippen LogP contribution is -2.49. The van der Waals surface area contributed by atoms with E-state index in [1.54, 1.807) is 23.9 Å². The van der Waals surface area contributed by atoms with E-state index in [9.17, 15) is 12.8 Å². The van der Waals surface area contributed by atoms with Crippen LogP contribution in [-0.4, -0.2) is 83.7 Å². The van der Waals surface area contributed by atoms with E-state index in [1.165, 1.54) is 16.4 Å². The van der Waals surface area contributed by atoms with Crippen LogP contribution in [0.5, 0.6) is 0 Å². The highest BCUT2D eigenvalue weighted by Crippen LogP contribution is 2.35. The highest BCUT2D eigenvalue weighted by atomic mass is 32.2. The number of imidazole rings is 1. The molecule has 5 rings (SSSR count). The van der Waals surface area contributed by atoms with Gasteiger partial charge in [-0.3, -0.25) is 9.39 Å². The fourth-order valence-electron chi connectivity index (χ4n) is 4.94. The molecule has 12 heteroatoms. The normalized spacial score (nSPS) is 18.8. The van der Waals surface area contributed by atoms with Crippen molar-refractivity contribution in [2.24, 2.45) is 4.99 Å². The highest BCUT2D eigenvalue weighted by Gasteiger charge is 2.29. The molecule has 4 heterocycles. The predicted molar refractivity (Wildman–Crippen MR) is 151 cm³/mol. The molecule has 1 saturated heterocycles. The number of aliphatic hydroxyl groups excluding tert-OH is 1. The number of piperazine rings is 1. The number of thioether (sulfide) groups is 1. The van der Waals surface area contributed by atoms with Gasteiger partial charge in [-0.1, -0.05) is 30.8 Å². The second kappa shape index (κ2) is 11.2. The number of aromatic nitrogens is 2. The monoisotopic (exact) mass is 560 g/mol. The molecule has 2 aliphatic rings. The molecular weight excluding hydrogens is 527 g/mol. The third-order valence-corrected chi connectivity index (χ3v) is 10.1. The number of pyridine rings is 1. The zero-order valence-electron chi connectivity index (χ0n) is 21.6. The van der Waals surface area contributed by atoms with Crippen LogP contribution >= 0.6 is 11.8 Å². The fourth-order valence-corrected chi connectivity index (χ4v) is 7.47. The number of hydrogen-bond donors (Lipinski definition) is 1. The van der Waals surface area contributed by atoms with E-state index in [2.05, 4.69) is 27.3 Å². The van der Waals surface area contributed by atoms with Gasteiger partial charge in [0.2, 0.25) is 10.0 Å². The van der Waals surface area contributed by atoms with Gasteiger partial charge in [-0.05, 0) is 42.7 Å². The number of aliphatic hydroxyl groups is 1. The maximum Gasteiger partial charge on any atom is 0.214 e. The molecular formula is C26H33FN6O3S2. The van der Waals surface area contributed by atoms with Crippen molar-refractivity contribution in [2.45, 2.75) is 25.8 Å². The molecule has 0 radical (unpaired) electrons. The minimum absolute atomic E-state index is 0.0239. The van der Waals surface area contributed by atoms with Crippen molar-refractivity contribution < 1.29 is 17.9 Å². The molecule has 0 spiro atoms. The Balaban J connectivity index is 1.38. The van der Waals surface area contributed by atoms with E-state index >= 15 is 0 Å². The molecule has 0 amide bonds. The average Bonchev–Trinajstić information content (AvgIpc) is 3.57. The maximum absolute atomic E-state index is 13.4. The predicted octanol–water partition coefficient (Wildman–Crippen LogP) is 3.15. The average molecular weight is 561 g/mol. The highest BCUT2D eigenvalue weighted by molar-refractivity contribution is 8.14. The Morgan fingerprint density at radius 1 is 1.13 bits per heavy atom. The van der Waals surface area contributed by atoms with E-state index in [-0.39, 0.29) is 30.6 Å². The van der Waals surface area contributed by atoms with Crippen molar-refractivity contribution in [1.82, 2.24) is 13.7 Å². The van der Waals surface area contributed by atoms with Gasteiger partial charge in [0.1, 0.15) is 17.3 Å². The number of nitrogens with zero attached hydrogens (tertiary/aromatic N) is 6. The summed E-state index contributed by atoms with van der Waals surface area (Å²) in [6, 6.07) is 10.5. The number of fused-ring (bicyclic) bond motifs is 1. The number of amidine groups is 1. The van der Waals surface area contributed by atoms with Gasteiger partial charge in [0.15, 0.2) is 5.17 Å². The van der Waals surface area contributed by atoms with E-state index in [4.69, 9.17) is 15.1 Å². The van der Waals surface area contributed by atoms with Gasteiger partial charge < -0.3 is 14.9 Å². The van der Waals surface area contributed by atoms with Crippen molar-refractivity contribution in [1.29, 1.82) is 0 Å². The van der Waals surface area contributed by atoms with Gasteiger partial charge >= 0.3 is 0 Å². The number of halogens is 1. The lowest BCUT2D eigenvalue weighted by Gasteiger charge is -2.35. The summed E-state index contributed by atoms with van der Waals surface area (Å²) in [6.07, 6.45) is 3.09. The summed E-state index contributed by atoms with van der Waals surface area (Å²) in [7, 11) is -1.35. The minimum atomic E-state index is -3.35. The molecule has 0 aliphatic carbocycles. The molecule has 2 aliphatic heterocycles. The van der Waals surface area contributed by atoms with Crippen LogP contribution in [0.4, 0.5) is 15.9 Å². The Hall–Kier alpha value is -2.67. The lowest BCUT2D eigenvalue weighted by atomic mass is 10.1. The molecule has 1 fully saturated rings. The van der Waals surface area contributed by atoms with Crippen molar-refractivity contribution in [3.05, 3.63) is 59.7 Å². The summed E-state index contributed by atoms with van der Waals surface area (Å²) in [6.45, 7) is 3.97. The minimum Gasteiger partial charge on any atom is -0.396 e. The van der Waals surface area contributed by atoms with Gasteiger partial charge in [-0.2, -0.15) is 4.31 Å². The molecule has 1 unspecified atom stereocenters. The SMILES string of the molecule is CCc1nc2ccc(N3CCN(S(=O)(=O)CCCO)CC3)cn2c1N(C)C1=NC(c2ccc(F)cc2)CS1. The number of rotatable bonds is 8. The van der Waals surface area contributed by atoms with Crippen LogP contribution in [0.3, 0.4) is 0 Å². The smallest absolute Gasteiger partial charge is 0.214 e. The first-order chi connectivity index (χ1) is 18.3. The zero-order valence-corrected chi connectivity index (χ0v) is 23.3. The Bertz CT molecular complexity index is 1420. The van der Waals surface area contributed by atoms with E-state index in [1.807, 2.05) is 19.2 Å². The zero-order chi connectivity index (χ0) is 26.9. The maximum atomic E-state index is 13.4. The molecule has 9 nitrogen and oxygen atoms in total.